The number of hydrogen-bond acceptors (Lipinski definition) is 3. The molecule has 2 aromatic rings. The normalized spacial score (nSPS) is 17.8. The number of amides is 2. The van der Waals surface area contributed by atoms with Crippen molar-refractivity contribution in [3.63, 3.8) is 0 Å². The number of H-pyrrole nitrogens is 1. The number of carbonyl (C=O) groups excluding carboxylic acids is 2. The Kier molecular flexibility index (Phi) is 3.85. The highest BCUT2D eigenvalue weighted by molar-refractivity contribution is 6.31. The number of nitrogens with zero attached hydrogens (tertiary/aromatic N) is 2. The summed E-state index contributed by atoms with van der Waals surface area (Å²) in [6, 6.07) is 8.79. The first-order chi connectivity index (χ1) is 10.5. The number of hydrogen-bond donors (Lipinski definition) is 2. The van der Waals surface area contributed by atoms with Crippen LogP contribution in [-0.2, 0) is 9.59 Å². The zero-order chi connectivity index (χ0) is 15.7. The molecule has 2 heterocycles. The second-order valence-electron chi connectivity index (χ2n) is 5.31. The van der Waals surface area contributed by atoms with Crippen LogP contribution in [0.1, 0.15) is 12.1 Å². The van der Waals surface area contributed by atoms with Crippen LogP contribution in [0.15, 0.2) is 30.3 Å². The summed E-state index contributed by atoms with van der Waals surface area (Å²) in [6.45, 7) is 2.19. The Morgan fingerprint density at radius 3 is 2.95 bits per heavy atom. The fourth-order valence-corrected chi connectivity index (χ4v) is 2.67. The van der Waals surface area contributed by atoms with Gasteiger partial charge in [0.1, 0.15) is 0 Å². The van der Waals surface area contributed by atoms with Gasteiger partial charge in [0.05, 0.1) is 5.92 Å². The molecule has 1 fully saturated rings. The number of aromatic nitrogens is 2. The molecule has 0 bridgehead atoms. The number of benzene rings is 1. The van der Waals surface area contributed by atoms with E-state index >= 15 is 0 Å². The standard InChI is InChI=1S/C15H15ClN4O2/c1-9-5-13(19-18-9)17-15(22)10-6-14(21)20(8-10)12-4-2-3-11(16)7-12/h2-5,7,10H,6,8H2,1H3,(H2,17,18,19,22). The van der Waals surface area contributed by atoms with Gasteiger partial charge < -0.3 is 10.2 Å². The number of aryl methyl sites for hydroxylation is 1. The zero-order valence-corrected chi connectivity index (χ0v) is 12.7. The zero-order valence-electron chi connectivity index (χ0n) is 12.0. The van der Waals surface area contributed by atoms with Crippen molar-refractivity contribution in [1.29, 1.82) is 0 Å². The van der Waals surface area contributed by atoms with Crippen LogP contribution in [0.3, 0.4) is 0 Å². The molecule has 6 nitrogen and oxygen atoms in total. The van der Waals surface area contributed by atoms with Gasteiger partial charge in [0.2, 0.25) is 11.8 Å². The molecule has 0 radical (unpaired) electrons. The molecule has 1 aliphatic rings. The average molecular weight is 319 g/mol. The number of rotatable bonds is 3. The molecule has 0 aliphatic carbocycles. The van der Waals surface area contributed by atoms with E-state index in [1.165, 1.54) is 0 Å². The fourth-order valence-electron chi connectivity index (χ4n) is 2.49. The van der Waals surface area contributed by atoms with Crippen LogP contribution < -0.4 is 10.2 Å². The summed E-state index contributed by atoms with van der Waals surface area (Å²) in [6.07, 6.45) is 0.182. The molecule has 1 aromatic carbocycles. The maximum Gasteiger partial charge on any atom is 0.231 e. The Morgan fingerprint density at radius 1 is 1.45 bits per heavy atom. The van der Waals surface area contributed by atoms with Gasteiger partial charge >= 0.3 is 0 Å². The summed E-state index contributed by atoms with van der Waals surface area (Å²) in [4.78, 5) is 26.0. The monoisotopic (exact) mass is 318 g/mol. The quantitative estimate of drug-likeness (QED) is 0.912. The smallest absolute Gasteiger partial charge is 0.231 e. The van der Waals surface area contributed by atoms with Crippen LogP contribution in [0.4, 0.5) is 11.5 Å². The molecular weight excluding hydrogens is 304 g/mol. The van der Waals surface area contributed by atoms with E-state index in [1.54, 1.807) is 35.2 Å². The minimum Gasteiger partial charge on any atom is -0.312 e. The van der Waals surface area contributed by atoms with E-state index in [4.69, 9.17) is 11.6 Å². The second-order valence-corrected chi connectivity index (χ2v) is 5.75. The van der Waals surface area contributed by atoms with Gasteiger partial charge in [-0.05, 0) is 25.1 Å². The van der Waals surface area contributed by atoms with Crippen molar-refractivity contribution in [3.8, 4) is 0 Å². The molecule has 1 atom stereocenters. The molecule has 7 heteroatoms. The average Bonchev–Trinajstić information content (AvgIpc) is 3.05. The Labute approximate surface area is 132 Å². The molecule has 3 rings (SSSR count). The van der Waals surface area contributed by atoms with Crippen molar-refractivity contribution >= 4 is 34.9 Å². The number of halogens is 1. The summed E-state index contributed by atoms with van der Waals surface area (Å²) in [5.41, 5.74) is 1.57. The van der Waals surface area contributed by atoms with E-state index < -0.39 is 5.92 Å². The Bertz CT molecular complexity index is 728. The third-order valence-electron chi connectivity index (χ3n) is 3.57. The van der Waals surface area contributed by atoms with Crippen LogP contribution in [0, 0.1) is 12.8 Å². The lowest BCUT2D eigenvalue weighted by atomic mass is 10.1. The molecule has 2 amide bonds. The number of aromatic amines is 1. The van der Waals surface area contributed by atoms with E-state index in [-0.39, 0.29) is 18.2 Å². The van der Waals surface area contributed by atoms with E-state index in [2.05, 4.69) is 15.5 Å². The maximum absolute atomic E-state index is 12.2. The number of anilines is 2. The SMILES string of the molecule is Cc1cc(NC(=O)C2CC(=O)N(c3cccc(Cl)c3)C2)n[nH]1. The molecule has 114 valence electrons. The van der Waals surface area contributed by atoms with Gasteiger partial charge in [0.25, 0.3) is 0 Å². The highest BCUT2D eigenvalue weighted by atomic mass is 35.5. The molecule has 1 unspecified atom stereocenters. The minimum atomic E-state index is -0.400. The van der Waals surface area contributed by atoms with Crippen molar-refractivity contribution in [2.24, 2.45) is 5.92 Å². The molecule has 1 aliphatic heterocycles. The second kappa shape index (κ2) is 5.81. The number of nitrogens with one attached hydrogen (secondary N) is 2. The Hall–Kier alpha value is -2.34. The van der Waals surface area contributed by atoms with Crippen LogP contribution in [-0.4, -0.2) is 28.6 Å². The summed E-state index contributed by atoms with van der Waals surface area (Å²) in [7, 11) is 0. The Morgan fingerprint density at radius 2 is 2.27 bits per heavy atom. The van der Waals surface area contributed by atoms with Crippen LogP contribution in [0.2, 0.25) is 5.02 Å². The van der Waals surface area contributed by atoms with Gasteiger partial charge in [-0.3, -0.25) is 14.7 Å². The van der Waals surface area contributed by atoms with Crippen molar-refractivity contribution < 1.29 is 9.59 Å². The van der Waals surface area contributed by atoms with Gasteiger partial charge in [0.15, 0.2) is 5.82 Å². The largest absolute Gasteiger partial charge is 0.312 e. The van der Waals surface area contributed by atoms with E-state index in [9.17, 15) is 9.59 Å². The van der Waals surface area contributed by atoms with E-state index in [0.717, 1.165) is 5.69 Å². The fraction of sp³-hybridized carbons (Fsp3) is 0.267. The van der Waals surface area contributed by atoms with Crippen molar-refractivity contribution in [1.82, 2.24) is 10.2 Å². The van der Waals surface area contributed by atoms with Crippen LogP contribution >= 0.6 is 11.6 Å². The summed E-state index contributed by atoms with van der Waals surface area (Å²) < 4.78 is 0. The van der Waals surface area contributed by atoms with Crippen LogP contribution in [0.5, 0.6) is 0 Å². The molecule has 2 N–H and O–H groups in total. The number of carbonyl (C=O) groups is 2. The predicted molar refractivity (Wildman–Crippen MR) is 83.9 cm³/mol. The molecule has 0 spiro atoms. The summed E-state index contributed by atoms with van der Waals surface area (Å²) in [5.74, 6) is -0.218. The van der Waals surface area contributed by atoms with Gasteiger partial charge in [-0.15, -0.1) is 0 Å². The lowest BCUT2D eigenvalue weighted by Gasteiger charge is -2.16. The highest BCUT2D eigenvalue weighted by Crippen LogP contribution is 2.27. The summed E-state index contributed by atoms with van der Waals surface area (Å²) >= 11 is 5.95. The van der Waals surface area contributed by atoms with E-state index in [0.29, 0.717) is 23.1 Å². The first-order valence-corrected chi connectivity index (χ1v) is 7.29. The molecular formula is C15H15ClN4O2. The lowest BCUT2D eigenvalue weighted by molar-refractivity contribution is -0.122. The van der Waals surface area contributed by atoms with E-state index in [1.807, 2.05) is 6.92 Å². The van der Waals surface area contributed by atoms with Gasteiger partial charge in [-0.1, -0.05) is 17.7 Å². The predicted octanol–water partition coefficient (Wildman–Crippen LogP) is 2.36. The summed E-state index contributed by atoms with van der Waals surface area (Å²) in [5, 5.41) is 10.0. The minimum absolute atomic E-state index is 0.0828. The molecule has 0 saturated carbocycles. The Balaban J connectivity index is 1.70. The van der Waals surface area contributed by atoms with Gasteiger partial charge in [-0.25, -0.2) is 0 Å². The topological polar surface area (TPSA) is 78.1 Å². The highest BCUT2D eigenvalue weighted by Gasteiger charge is 2.35. The third kappa shape index (κ3) is 2.96. The van der Waals surface area contributed by atoms with Crippen molar-refractivity contribution in [3.05, 3.63) is 41.0 Å². The third-order valence-corrected chi connectivity index (χ3v) is 3.81. The van der Waals surface area contributed by atoms with Gasteiger partial charge in [-0.2, -0.15) is 5.10 Å². The maximum atomic E-state index is 12.2. The van der Waals surface area contributed by atoms with Crippen LogP contribution in [0.25, 0.3) is 0 Å². The van der Waals surface area contributed by atoms with Crippen molar-refractivity contribution in [2.75, 3.05) is 16.8 Å². The molecule has 1 saturated heterocycles. The van der Waals surface area contributed by atoms with Crippen molar-refractivity contribution in [2.45, 2.75) is 13.3 Å². The van der Waals surface area contributed by atoms with Gasteiger partial charge in [0, 0.05) is 35.4 Å². The lowest BCUT2D eigenvalue weighted by Crippen LogP contribution is -2.28. The molecule has 1 aromatic heterocycles. The molecule has 22 heavy (non-hydrogen) atoms. The first kappa shape index (κ1) is 14.6. The first-order valence-electron chi connectivity index (χ1n) is 6.92.